The highest BCUT2D eigenvalue weighted by Crippen LogP contribution is 2.15. The Morgan fingerprint density at radius 1 is 1.50 bits per heavy atom. The van der Waals surface area contributed by atoms with Crippen LogP contribution in [-0.4, -0.2) is 37.2 Å². The molecular formula is C10H18N2O2. The van der Waals surface area contributed by atoms with Gasteiger partial charge in [-0.3, -0.25) is 4.79 Å². The summed E-state index contributed by atoms with van der Waals surface area (Å²) in [5.41, 5.74) is 0. The predicted octanol–water partition coefficient (Wildman–Crippen LogP) is 0.540. The maximum atomic E-state index is 11.0. The molecule has 0 spiro atoms. The van der Waals surface area contributed by atoms with Crippen molar-refractivity contribution in [3.63, 3.8) is 0 Å². The molecule has 2 heterocycles. The average molecular weight is 198 g/mol. The van der Waals surface area contributed by atoms with Crippen LogP contribution in [0.3, 0.4) is 0 Å². The first-order chi connectivity index (χ1) is 6.84. The third-order valence-corrected chi connectivity index (χ3v) is 2.88. The van der Waals surface area contributed by atoms with Gasteiger partial charge in [-0.2, -0.15) is 0 Å². The Morgan fingerprint density at radius 2 is 2.43 bits per heavy atom. The van der Waals surface area contributed by atoms with Gasteiger partial charge in [0, 0.05) is 19.5 Å². The summed E-state index contributed by atoms with van der Waals surface area (Å²) in [5, 5.41) is 5.21. The van der Waals surface area contributed by atoms with Crippen molar-refractivity contribution in [1.29, 1.82) is 0 Å². The number of hydrogen-bond acceptors (Lipinski definition) is 4. The number of carbonyl (C=O) groups excluding carboxylic acids is 1. The van der Waals surface area contributed by atoms with Gasteiger partial charge in [0.05, 0.1) is 0 Å². The van der Waals surface area contributed by atoms with Crippen LogP contribution in [-0.2, 0) is 9.63 Å². The zero-order chi connectivity index (χ0) is 9.80. The van der Waals surface area contributed by atoms with Crippen LogP contribution in [0.1, 0.15) is 25.7 Å². The lowest BCUT2D eigenvalue weighted by Crippen LogP contribution is -2.41. The van der Waals surface area contributed by atoms with E-state index in [4.69, 9.17) is 4.84 Å². The van der Waals surface area contributed by atoms with E-state index in [2.05, 4.69) is 5.32 Å². The van der Waals surface area contributed by atoms with Gasteiger partial charge in [0.2, 0.25) is 0 Å². The highest BCUT2D eigenvalue weighted by molar-refractivity contribution is 5.69. The van der Waals surface area contributed by atoms with Crippen molar-refractivity contribution in [1.82, 2.24) is 10.4 Å². The summed E-state index contributed by atoms with van der Waals surface area (Å²) in [4.78, 5) is 16.2. The van der Waals surface area contributed by atoms with Gasteiger partial charge >= 0.3 is 5.97 Å². The first kappa shape index (κ1) is 9.93. The van der Waals surface area contributed by atoms with Gasteiger partial charge in [-0.15, -0.1) is 5.06 Å². The van der Waals surface area contributed by atoms with Crippen molar-refractivity contribution in [2.24, 2.45) is 5.92 Å². The number of carbonyl (C=O) groups is 1. The van der Waals surface area contributed by atoms with Crippen molar-refractivity contribution in [3.8, 4) is 0 Å². The quantitative estimate of drug-likeness (QED) is 0.703. The lowest BCUT2D eigenvalue weighted by atomic mass is 9.99. The molecule has 2 aliphatic rings. The summed E-state index contributed by atoms with van der Waals surface area (Å²) >= 11 is 0. The molecule has 0 saturated carbocycles. The molecule has 4 heteroatoms. The number of rotatable bonds is 2. The molecule has 0 amide bonds. The normalized spacial score (nSPS) is 30.0. The van der Waals surface area contributed by atoms with Gasteiger partial charge in [0.15, 0.2) is 0 Å². The molecule has 80 valence electrons. The SMILES string of the molecule is O=C1CCCN(CC2CCCNC2)O1. The minimum atomic E-state index is -0.0694. The lowest BCUT2D eigenvalue weighted by molar-refractivity contribution is -0.203. The summed E-state index contributed by atoms with van der Waals surface area (Å²) in [6.07, 6.45) is 4.02. The van der Waals surface area contributed by atoms with E-state index in [9.17, 15) is 4.79 Å². The van der Waals surface area contributed by atoms with Gasteiger partial charge in [0.25, 0.3) is 0 Å². The second-order valence-electron chi connectivity index (χ2n) is 4.17. The number of hydroxylamine groups is 2. The Bertz CT molecular complexity index is 202. The molecule has 1 N–H and O–H groups in total. The first-order valence-electron chi connectivity index (χ1n) is 5.51. The maximum absolute atomic E-state index is 11.0. The predicted molar refractivity (Wildman–Crippen MR) is 52.5 cm³/mol. The molecule has 0 radical (unpaired) electrons. The Labute approximate surface area is 84.6 Å². The molecule has 14 heavy (non-hydrogen) atoms. The monoisotopic (exact) mass is 198 g/mol. The molecule has 1 unspecified atom stereocenters. The van der Waals surface area contributed by atoms with E-state index in [0.717, 1.165) is 32.6 Å². The fraction of sp³-hybridized carbons (Fsp3) is 0.900. The fourth-order valence-corrected chi connectivity index (χ4v) is 2.13. The summed E-state index contributed by atoms with van der Waals surface area (Å²) in [6, 6.07) is 0. The fourth-order valence-electron chi connectivity index (χ4n) is 2.13. The molecule has 4 nitrogen and oxygen atoms in total. The van der Waals surface area contributed by atoms with E-state index in [-0.39, 0.29) is 5.97 Å². The van der Waals surface area contributed by atoms with Crippen molar-refractivity contribution in [3.05, 3.63) is 0 Å². The van der Waals surface area contributed by atoms with Crippen LogP contribution in [0.25, 0.3) is 0 Å². The van der Waals surface area contributed by atoms with E-state index in [1.807, 2.05) is 5.06 Å². The highest BCUT2D eigenvalue weighted by Gasteiger charge is 2.22. The third kappa shape index (κ3) is 2.69. The third-order valence-electron chi connectivity index (χ3n) is 2.88. The summed E-state index contributed by atoms with van der Waals surface area (Å²) in [5.74, 6) is 0.578. The van der Waals surface area contributed by atoms with E-state index in [0.29, 0.717) is 12.3 Å². The number of piperidine rings is 1. The molecule has 2 fully saturated rings. The van der Waals surface area contributed by atoms with Crippen LogP contribution in [0.2, 0.25) is 0 Å². The second kappa shape index (κ2) is 4.75. The van der Waals surface area contributed by atoms with Crippen molar-refractivity contribution in [2.75, 3.05) is 26.2 Å². The number of hydrogen-bond donors (Lipinski definition) is 1. The lowest BCUT2D eigenvalue weighted by Gasteiger charge is -2.30. The molecule has 0 aromatic carbocycles. The van der Waals surface area contributed by atoms with Crippen molar-refractivity contribution < 1.29 is 9.63 Å². The summed E-state index contributed by atoms with van der Waals surface area (Å²) in [6.45, 7) is 4.01. The van der Waals surface area contributed by atoms with Gasteiger partial charge in [-0.25, -0.2) is 0 Å². The Hall–Kier alpha value is -0.610. The van der Waals surface area contributed by atoms with Crippen LogP contribution in [0, 0.1) is 5.92 Å². The maximum Gasteiger partial charge on any atom is 0.325 e. The highest BCUT2D eigenvalue weighted by atomic mass is 16.7. The van der Waals surface area contributed by atoms with Gasteiger partial charge in [-0.1, -0.05) is 0 Å². The molecule has 1 atom stereocenters. The molecule has 0 aliphatic carbocycles. The summed E-state index contributed by atoms with van der Waals surface area (Å²) in [7, 11) is 0. The molecule has 2 rings (SSSR count). The minimum Gasteiger partial charge on any atom is -0.368 e. The average Bonchev–Trinajstić information content (AvgIpc) is 2.19. The molecule has 2 saturated heterocycles. The smallest absolute Gasteiger partial charge is 0.325 e. The topological polar surface area (TPSA) is 41.6 Å². The summed E-state index contributed by atoms with van der Waals surface area (Å²) < 4.78 is 0. The van der Waals surface area contributed by atoms with E-state index in [1.54, 1.807) is 0 Å². The largest absolute Gasteiger partial charge is 0.368 e. The standard InChI is InChI=1S/C10H18N2O2/c13-10-4-2-6-12(14-10)8-9-3-1-5-11-7-9/h9,11H,1-8H2. The first-order valence-corrected chi connectivity index (χ1v) is 5.51. The van der Waals surface area contributed by atoms with Gasteiger partial charge in [-0.05, 0) is 38.3 Å². The molecule has 0 aromatic heterocycles. The zero-order valence-corrected chi connectivity index (χ0v) is 8.50. The molecular weight excluding hydrogens is 180 g/mol. The van der Waals surface area contributed by atoms with Crippen LogP contribution < -0.4 is 5.32 Å². The molecule has 0 bridgehead atoms. The van der Waals surface area contributed by atoms with E-state index >= 15 is 0 Å². The zero-order valence-electron chi connectivity index (χ0n) is 8.50. The van der Waals surface area contributed by atoms with Crippen LogP contribution >= 0.6 is 0 Å². The van der Waals surface area contributed by atoms with E-state index in [1.165, 1.54) is 12.8 Å². The van der Waals surface area contributed by atoms with Crippen molar-refractivity contribution in [2.45, 2.75) is 25.7 Å². The number of nitrogens with one attached hydrogen (secondary N) is 1. The van der Waals surface area contributed by atoms with Gasteiger partial charge in [0.1, 0.15) is 0 Å². The van der Waals surface area contributed by atoms with Crippen LogP contribution in [0.15, 0.2) is 0 Å². The van der Waals surface area contributed by atoms with Gasteiger partial charge < -0.3 is 10.2 Å². The Balaban J connectivity index is 1.75. The molecule has 2 aliphatic heterocycles. The van der Waals surface area contributed by atoms with Crippen molar-refractivity contribution >= 4 is 5.97 Å². The minimum absolute atomic E-state index is 0.0694. The number of nitrogens with zero attached hydrogens (tertiary/aromatic N) is 1. The molecule has 0 aromatic rings. The Kier molecular flexibility index (Phi) is 3.37. The van der Waals surface area contributed by atoms with Crippen LogP contribution in [0.5, 0.6) is 0 Å². The second-order valence-corrected chi connectivity index (χ2v) is 4.17. The Morgan fingerprint density at radius 3 is 3.14 bits per heavy atom. The van der Waals surface area contributed by atoms with E-state index < -0.39 is 0 Å². The van der Waals surface area contributed by atoms with Crippen LogP contribution in [0.4, 0.5) is 0 Å².